The lowest BCUT2D eigenvalue weighted by molar-refractivity contribution is 0.0933. The summed E-state index contributed by atoms with van der Waals surface area (Å²) in [5.74, 6) is 0.669. The molecule has 0 spiro atoms. The Bertz CT molecular complexity index is 1180. The number of amides is 1. The molecule has 1 atom stereocenters. The quantitative estimate of drug-likeness (QED) is 0.664. The second-order valence-electron chi connectivity index (χ2n) is 8.47. The molecule has 1 unspecified atom stereocenters. The van der Waals surface area contributed by atoms with Gasteiger partial charge in [-0.3, -0.25) is 9.36 Å². The Balaban J connectivity index is 1.43. The van der Waals surface area contributed by atoms with Crippen molar-refractivity contribution in [1.82, 2.24) is 34.5 Å². The number of fused-ring (bicyclic) bond motifs is 2. The van der Waals surface area contributed by atoms with Crippen LogP contribution in [0, 0.1) is 13.8 Å². The Morgan fingerprint density at radius 2 is 1.90 bits per heavy atom. The molecule has 2 aromatic heterocycles. The van der Waals surface area contributed by atoms with Crippen LogP contribution in [0.4, 0.5) is 0 Å². The number of aryl methyl sites for hydroxylation is 3. The fourth-order valence-corrected chi connectivity index (χ4v) is 3.85. The van der Waals surface area contributed by atoms with Crippen molar-refractivity contribution in [2.75, 3.05) is 20.6 Å². The summed E-state index contributed by atoms with van der Waals surface area (Å²) < 4.78 is 3.30. The molecule has 9 heteroatoms. The van der Waals surface area contributed by atoms with Crippen molar-refractivity contribution in [3.05, 3.63) is 51.5 Å². The number of nitrogens with one attached hydrogen (secondary N) is 1. The number of hydrogen-bond donors (Lipinski definition) is 1. The van der Waals surface area contributed by atoms with Gasteiger partial charge in [0.15, 0.2) is 0 Å². The highest BCUT2D eigenvalue weighted by Crippen LogP contribution is 2.16. The molecule has 0 saturated heterocycles. The van der Waals surface area contributed by atoms with Gasteiger partial charge in [0.2, 0.25) is 0 Å². The molecule has 1 N–H and O–H groups in total. The van der Waals surface area contributed by atoms with Crippen molar-refractivity contribution in [1.29, 1.82) is 0 Å². The van der Waals surface area contributed by atoms with E-state index in [0.717, 1.165) is 41.2 Å². The average molecular weight is 424 g/mol. The highest BCUT2D eigenvalue weighted by Gasteiger charge is 2.22. The molecule has 31 heavy (non-hydrogen) atoms. The molecular formula is C22H29N7O2. The zero-order valence-electron chi connectivity index (χ0n) is 18.6. The zero-order valence-corrected chi connectivity index (χ0v) is 18.6. The maximum atomic E-state index is 12.8. The van der Waals surface area contributed by atoms with E-state index in [0.29, 0.717) is 31.5 Å². The minimum atomic E-state index is -0.130. The zero-order chi connectivity index (χ0) is 22.1. The van der Waals surface area contributed by atoms with Crippen LogP contribution in [-0.2, 0) is 19.5 Å². The minimum absolute atomic E-state index is 0.00893. The SMILES string of the molecule is Cc1nc2ccc(C(=O)NC3CCc4nn(CCN(C)C)c(=O)n4CC3)cc2nc1C. The number of carbonyl (C=O) groups excluding carboxylic acids is 1. The molecule has 3 heterocycles. The van der Waals surface area contributed by atoms with Gasteiger partial charge in [0.25, 0.3) is 5.91 Å². The number of likely N-dealkylation sites (N-methyl/N-ethyl adjacent to an activating group) is 1. The van der Waals surface area contributed by atoms with Crippen LogP contribution in [0.25, 0.3) is 11.0 Å². The maximum Gasteiger partial charge on any atom is 0.345 e. The van der Waals surface area contributed by atoms with E-state index in [9.17, 15) is 9.59 Å². The molecule has 1 amide bonds. The van der Waals surface area contributed by atoms with Crippen molar-refractivity contribution >= 4 is 16.9 Å². The van der Waals surface area contributed by atoms with E-state index >= 15 is 0 Å². The molecular weight excluding hydrogens is 394 g/mol. The number of aromatic nitrogens is 5. The number of rotatable bonds is 5. The first-order valence-corrected chi connectivity index (χ1v) is 10.7. The summed E-state index contributed by atoms with van der Waals surface area (Å²) in [4.78, 5) is 36.6. The third-order valence-electron chi connectivity index (χ3n) is 5.85. The summed E-state index contributed by atoms with van der Waals surface area (Å²) in [7, 11) is 3.95. The van der Waals surface area contributed by atoms with E-state index in [1.54, 1.807) is 21.4 Å². The Morgan fingerprint density at radius 1 is 1.16 bits per heavy atom. The largest absolute Gasteiger partial charge is 0.349 e. The smallest absolute Gasteiger partial charge is 0.345 e. The van der Waals surface area contributed by atoms with Crippen molar-refractivity contribution in [2.45, 2.75) is 52.2 Å². The van der Waals surface area contributed by atoms with Gasteiger partial charge in [-0.05, 0) is 59.0 Å². The number of hydrogen-bond acceptors (Lipinski definition) is 6. The lowest BCUT2D eigenvalue weighted by Gasteiger charge is -2.16. The van der Waals surface area contributed by atoms with Crippen LogP contribution in [0.15, 0.2) is 23.0 Å². The molecule has 1 aliphatic rings. The first-order chi connectivity index (χ1) is 14.8. The van der Waals surface area contributed by atoms with Crippen LogP contribution in [0.1, 0.15) is 40.4 Å². The lowest BCUT2D eigenvalue weighted by atomic mass is 10.1. The fraction of sp³-hybridized carbons (Fsp3) is 0.500. The van der Waals surface area contributed by atoms with Crippen LogP contribution in [0.2, 0.25) is 0 Å². The lowest BCUT2D eigenvalue weighted by Crippen LogP contribution is -2.36. The molecule has 0 radical (unpaired) electrons. The number of nitrogens with zero attached hydrogens (tertiary/aromatic N) is 6. The average Bonchev–Trinajstić information content (AvgIpc) is 2.89. The summed E-state index contributed by atoms with van der Waals surface area (Å²) in [6, 6.07) is 5.40. The highest BCUT2D eigenvalue weighted by atomic mass is 16.2. The Labute approximate surface area is 181 Å². The molecule has 0 saturated carbocycles. The van der Waals surface area contributed by atoms with Gasteiger partial charge >= 0.3 is 5.69 Å². The Morgan fingerprint density at radius 3 is 2.65 bits per heavy atom. The fourth-order valence-electron chi connectivity index (χ4n) is 3.85. The topological polar surface area (TPSA) is 97.9 Å². The molecule has 0 aliphatic carbocycles. The standard InChI is InChI=1S/C22H29N7O2/c1-14-15(2)24-19-13-16(5-7-18(19)23-14)21(30)25-17-6-8-20-26-29(12-11-27(3)4)22(31)28(20)10-9-17/h5,7,13,17H,6,8-12H2,1-4H3,(H,25,30). The van der Waals surface area contributed by atoms with Crippen LogP contribution < -0.4 is 11.0 Å². The molecule has 1 aromatic carbocycles. The summed E-state index contributed by atoms with van der Waals surface area (Å²) >= 11 is 0. The molecule has 4 rings (SSSR count). The second kappa shape index (κ2) is 8.58. The van der Waals surface area contributed by atoms with Gasteiger partial charge in [-0.15, -0.1) is 0 Å². The molecule has 0 fully saturated rings. The van der Waals surface area contributed by atoms with Crippen LogP contribution in [0.3, 0.4) is 0 Å². The summed E-state index contributed by atoms with van der Waals surface area (Å²) in [6.45, 7) is 5.75. The summed E-state index contributed by atoms with van der Waals surface area (Å²) in [5.41, 5.74) is 3.75. The van der Waals surface area contributed by atoms with E-state index in [4.69, 9.17) is 0 Å². The van der Waals surface area contributed by atoms with E-state index in [2.05, 4.69) is 20.4 Å². The third-order valence-corrected chi connectivity index (χ3v) is 5.85. The molecule has 3 aromatic rings. The number of carbonyl (C=O) groups is 1. The predicted molar refractivity (Wildman–Crippen MR) is 118 cm³/mol. The summed E-state index contributed by atoms with van der Waals surface area (Å²) in [6.07, 6.45) is 2.11. The second-order valence-corrected chi connectivity index (χ2v) is 8.47. The van der Waals surface area contributed by atoms with Gasteiger partial charge in [0.1, 0.15) is 5.82 Å². The van der Waals surface area contributed by atoms with Crippen molar-refractivity contribution < 1.29 is 4.79 Å². The molecule has 164 valence electrons. The first kappa shape index (κ1) is 21.2. The van der Waals surface area contributed by atoms with Crippen LogP contribution >= 0.6 is 0 Å². The maximum absolute atomic E-state index is 12.8. The third kappa shape index (κ3) is 4.51. The first-order valence-electron chi connectivity index (χ1n) is 10.7. The van der Waals surface area contributed by atoms with E-state index < -0.39 is 0 Å². The monoisotopic (exact) mass is 423 g/mol. The van der Waals surface area contributed by atoms with Crippen molar-refractivity contribution in [3.8, 4) is 0 Å². The van der Waals surface area contributed by atoms with Gasteiger partial charge < -0.3 is 10.2 Å². The Kier molecular flexibility index (Phi) is 5.86. The van der Waals surface area contributed by atoms with E-state index in [1.807, 2.05) is 38.9 Å². The Hall–Kier alpha value is -3.07. The molecule has 1 aliphatic heterocycles. The van der Waals surface area contributed by atoms with Crippen LogP contribution in [0.5, 0.6) is 0 Å². The summed E-state index contributed by atoms with van der Waals surface area (Å²) in [5, 5.41) is 7.64. The van der Waals surface area contributed by atoms with Gasteiger partial charge in [-0.2, -0.15) is 5.10 Å². The van der Waals surface area contributed by atoms with Gasteiger partial charge in [-0.25, -0.2) is 19.4 Å². The van der Waals surface area contributed by atoms with Gasteiger partial charge in [0, 0.05) is 31.1 Å². The van der Waals surface area contributed by atoms with Gasteiger partial charge in [0.05, 0.1) is 29.0 Å². The van der Waals surface area contributed by atoms with E-state index in [1.165, 1.54) is 0 Å². The highest BCUT2D eigenvalue weighted by molar-refractivity contribution is 5.97. The van der Waals surface area contributed by atoms with Gasteiger partial charge in [-0.1, -0.05) is 0 Å². The number of benzene rings is 1. The van der Waals surface area contributed by atoms with Crippen molar-refractivity contribution in [3.63, 3.8) is 0 Å². The minimum Gasteiger partial charge on any atom is -0.349 e. The molecule has 9 nitrogen and oxygen atoms in total. The van der Waals surface area contributed by atoms with Crippen LogP contribution in [-0.4, -0.2) is 61.8 Å². The van der Waals surface area contributed by atoms with E-state index in [-0.39, 0.29) is 17.6 Å². The van der Waals surface area contributed by atoms with Crippen molar-refractivity contribution in [2.24, 2.45) is 0 Å². The normalized spacial score (nSPS) is 16.4. The predicted octanol–water partition coefficient (Wildman–Crippen LogP) is 1.30. The molecule has 0 bridgehead atoms.